The molecule has 5 heteroatoms. The van der Waals surface area contributed by atoms with Crippen molar-refractivity contribution in [3.05, 3.63) is 108 Å². The van der Waals surface area contributed by atoms with Gasteiger partial charge in [0, 0.05) is 11.3 Å². The average molecular weight is 427 g/mol. The molecule has 1 aliphatic heterocycles. The molecule has 5 rings (SSSR count). The van der Waals surface area contributed by atoms with E-state index < -0.39 is 13.2 Å². The number of phenolic OH excluding ortho intramolecular Hbond substituents is 1. The Bertz CT molecular complexity index is 1280. The molecule has 0 fully saturated rings. The van der Waals surface area contributed by atoms with Crippen LogP contribution in [0.3, 0.4) is 0 Å². The summed E-state index contributed by atoms with van der Waals surface area (Å²) in [5, 5.41) is 13.9. The zero-order valence-electron chi connectivity index (χ0n) is 17.0. The molecular weight excluding hydrogens is 405 g/mol. The normalized spacial score (nSPS) is 17.7. The Labute approximate surface area is 181 Å². The van der Waals surface area contributed by atoms with Crippen molar-refractivity contribution in [2.24, 2.45) is 0 Å². The lowest BCUT2D eigenvalue weighted by atomic mass is 10.0. The Balaban J connectivity index is 1.69. The molecule has 0 aromatic heterocycles. The molecule has 4 aromatic rings. The number of rotatable bonds is 4. The Kier molecular flexibility index (Phi) is 4.80. The van der Waals surface area contributed by atoms with Crippen LogP contribution in [0.5, 0.6) is 11.5 Å². The summed E-state index contributed by atoms with van der Waals surface area (Å²) >= 11 is 0. The molecule has 4 nitrogen and oxygen atoms in total. The molecule has 0 saturated heterocycles. The highest BCUT2D eigenvalue weighted by molar-refractivity contribution is 7.68. The Morgan fingerprint density at radius 1 is 0.806 bits per heavy atom. The van der Waals surface area contributed by atoms with E-state index >= 15 is 0 Å². The summed E-state index contributed by atoms with van der Waals surface area (Å²) in [7, 11) is -3.45. The van der Waals surface area contributed by atoms with E-state index in [2.05, 4.69) is 5.32 Å². The Hall–Kier alpha value is -3.49. The van der Waals surface area contributed by atoms with E-state index in [1.807, 2.05) is 79.7 Å². The van der Waals surface area contributed by atoms with Crippen molar-refractivity contribution in [2.45, 2.75) is 12.7 Å². The van der Waals surface area contributed by atoms with Gasteiger partial charge in [0.25, 0.3) is 0 Å². The van der Waals surface area contributed by atoms with Crippen LogP contribution in [0.2, 0.25) is 0 Å². The third-order valence-corrected chi connectivity index (χ3v) is 8.19. The first kappa shape index (κ1) is 19.5. The van der Waals surface area contributed by atoms with E-state index in [1.54, 1.807) is 24.3 Å². The van der Waals surface area contributed by atoms with Crippen molar-refractivity contribution in [2.75, 3.05) is 5.32 Å². The Morgan fingerprint density at radius 2 is 1.45 bits per heavy atom. The molecule has 0 saturated carbocycles. The minimum atomic E-state index is -3.45. The van der Waals surface area contributed by atoms with E-state index in [0.717, 1.165) is 27.9 Å². The predicted octanol–water partition coefficient (Wildman–Crippen LogP) is 6.47. The van der Waals surface area contributed by atoms with Gasteiger partial charge in [-0.2, -0.15) is 0 Å². The molecule has 2 N–H and O–H groups in total. The van der Waals surface area contributed by atoms with Crippen molar-refractivity contribution < 1.29 is 14.2 Å². The number of aryl methyl sites for hydroxylation is 1. The molecule has 2 unspecified atom stereocenters. The SMILES string of the molecule is Cc1ccc(NC(c2ccc(O)cc2)P2(=O)Oc3ccccc3-c3ccccc32)cc1. The van der Waals surface area contributed by atoms with Gasteiger partial charge in [0.15, 0.2) is 0 Å². The van der Waals surface area contributed by atoms with Gasteiger partial charge >= 0.3 is 7.37 Å². The molecule has 154 valence electrons. The minimum Gasteiger partial charge on any atom is -0.508 e. The van der Waals surface area contributed by atoms with Crippen molar-refractivity contribution in [3.8, 4) is 22.6 Å². The van der Waals surface area contributed by atoms with E-state index in [9.17, 15) is 9.67 Å². The molecule has 0 bridgehead atoms. The number of phenols is 1. The monoisotopic (exact) mass is 427 g/mol. The lowest BCUT2D eigenvalue weighted by molar-refractivity contribution is 0.473. The fourth-order valence-electron chi connectivity index (χ4n) is 3.96. The van der Waals surface area contributed by atoms with E-state index in [-0.39, 0.29) is 5.75 Å². The largest absolute Gasteiger partial charge is 0.508 e. The zero-order chi connectivity index (χ0) is 21.4. The molecule has 0 radical (unpaired) electrons. The zero-order valence-corrected chi connectivity index (χ0v) is 17.9. The maximum Gasteiger partial charge on any atom is 0.303 e. The van der Waals surface area contributed by atoms with E-state index in [0.29, 0.717) is 11.1 Å². The summed E-state index contributed by atoms with van der Waals surface area (Å²) in [4.78, 5) is 0. The van der Waals surface area contributed by atoms with Crippen LogP contribution in [0.25, 0.3) is 11.1 Å². The van der Waals surface area contributed by atoms with Crippen molar-refractivity contribution in [1.29, 1.82) is 0 Å². The summed E-state index contributed by atoms with van der Waals surface area (Å²) in [5.41, 5.74) is 4.62. The highest BCUT2D eigenvalue weighted by Gasteiger charge is 2.44. The van der Waals surface area contributed by atoms with Gasteiger partial charge in [-0.05, 0) is 54.4 Å². The van der Waals surface area contributed by atoms with Gasteiger partial charge in [-0.1, -0.05) is 66.2 Å². The second-order valence-electron chi connectivity index (χ2n) is 7.71. The van der Waals surface area contributed by atoms with Crippen molar-refractivity contribution in [3.63, 3.8) is 0 Å². The van der Waals surface area contributed by atoms with Gasteiger partial charge in [0.2, 0.25) is 0 Å². The maximum atomic E-state index is 14.7. The second kappa shape index (κ2) is 7.64. The number of nitrogens with one attached hydrogen (secondary N) is 1. The van der Waals surface area contributed by atoms with Crippen LogP contribution in [0.15, 0.2) is 97.1 Å². The Morgan fingerprint density at radius 3 is 2.19 bits per heavy atom. The molecule has 31 heavy (non-hydrogen) atoms. The number of hydrogen-bond donors (Lipinski definition) is 2. The van der Waals surface area contributed by atoms with Crippen LogP contribution in [-0.4, -0.2) is 5.11 Å². The number of benzene rings is 4. The molecular formula is C26H22NO3P. The first-order valence-electron chi connectivity index (χ1n) is 10.1. The highest BCUT2D eigenvalue weighted by Crippen LogP contribution is 2.63. The van der Waals surface area contributed by atoms with Gasteiger partial charge in [-0.15, -0.1) is 0 Å². The van der Waals surface area contributed by atoms with Crippen LogP contribution < -0.4 is 15.1 Å². The molecule has 4 aromatic carbocycles. The number of fused-ring (bicyclic) bond motifs is 3. The van der Waals surface area contributed by atoms with Crippen LogP contribution in [-0.2, 0) is 4.57 Å². The lowest BCUT2D eigenvalue weighted by Crippen LogP contribution is -2.26. The summed E-state index contributed by atoms with van der Waals surface area (Å²) < 4.78 is 21.0. The van der Waals surface area contributed by atoms with E-state index in [1.165, 1.54) is 0 Å². The summed E-state index contributed by atoms with van der Waals surface area (Å²) in [6.07, 6.45) is 0. The number of hydrogen-bond acceptors (Lipinski definition) is 4. The van der Waals surface area contributed by atoms with Gasteiger partial charge in [-0.25, -0.2) is 0 Å². The van der Waals surface area contributed by atoms with Crippen molar-refractivity contribution >= 4 is 18.4 Å². The van der Waals surface area contributed by atoms with Crippen LogP contribution in [0.1, 0.15) is 16.9 Å². The quantitative estimate of drug-likeness (QED) is 0.366. The topological polar surface area (TPSA) is 58.6 Å². The molecule has 1 heterocycles. The van der Waals surface area contributed by atoms with Gasteiger partial charge in [0.1, 0.15) is 17.3 Å². The molecule has 0 amide bonds. The molecule has 0 spiro atoms. The lowest BCUT2D eigenvalue weighted by Gasteiger charge is -2.35. The maximum absolute atomic E-state index is 14.7. The standard InChI is InChI=1S/C26H22NO3P/c1-18-10-14-20(15-11-18)27-26(19-12-16-21(28)17-13-19)31(29)25-9-5-3-7-23(25)22-6-2-4-8-24(22)30-31/h2-17,26-28H,1H3. The third kappa shape index (κ3) is 3.49. The fraction of sp³-hybridized carbons (Fsp3) is 0.0769. The first-order valence-corrected chi connectivity index (χ1v) is 11.8. The summed E-state index contributed by atoms with van der Waals surface area (Å²) in [5.74, 6) is 0.135. The van der Waals surface area contributed by atoms with Crippen molar-refractivity contribution in [1.82, 2.24) is 0 Å². The predicted molar refractivity (Wildman–Crippen MR) is 125 cm³/mol. The summed E-state index contributed by atoms with van der Waals surface area (Å²) in [6, 6.07) is 30.2. The van der Waals surface area contributed by atoms with Gasteiger partial charge < -0.3 is 14.9 Å². The second-order valence-corrected chi connectivity index (χ2v) is 10.1. The van der Waals surface area contributed by atoms with Crippen LogP contribution in [0, 0.1) is 6.92 Å². The van der Waals surface area contributed by atoms with Crippen LogP contribution >= 0.6 is 7.37 Å². The number of aromatic hydroxyl groups is 1. The fourth-order valence-corrected chi connectivity index (χ4v) is 6.60. The smallest absolute Gasteiger partial charge is 0.303 e. The highest BCUT2D eigenvalue weighted by atomic mass is 31.2. The minimum absolute atomic E-state index is 0.159. The third-order valence-electron chi connectivity index (χ3n) is 5.55. The first-order chi connectivity index (χ1) is 15.0. The average Bonchev–Trinajstić information content (AvgIpc) is 2.80. The van der Waals surface area contributed by atoms with E-state index in [4.69, 9.17) is 4.52 Å². The number of anilines is 1. The molecule has 0 aliphatic carbocycles. The van der Waals surface area contributed by atoms with Crippen LogP contribution in [0.4, 0.5) is 5.69 Å². The van der Waals surface area contributed by atoms with Gasteiger partial charge in [0.05, 0.1) is 5.30 Å². The molecule has 1 aliphatic rings. The molecule has 2 atom stereocenters. The number of para-hydroxylation sites is 1. The van der Waals surface area contributed by atoms with Gasteiger partial charge in [-0.3, -0.25) is 4.57 Å². The summed E-state index contributed by atoms with van der Waals surface area (Å²) in [6.45, 7) is 2.03.